The number of benzene rings is 2. The second-order valence-electron chi connectivity index (χ2n) is 5.37. The van der Waals surface area contributed by atoms with Crippen LogP contribution in [0.1, 0.15) is 24.5 Å². The van der Waals surface area contributed by atoms with Crippen molar-refractivity contribution in [3.8, 4) is 0 Å². The molecule has 23 heavy (non-hydrogen) atoms. The van der Waals surface area contributed by atoms with Gasteiger partial charge in [-0.2, -0.15) is 12.8 Å². The number of sulfonamides is 1. The first kappa shape index (κ1) is 17.2. The minimum Gasteiger partial charge on any atom is -0.199 e. The van der Waals surface area contributed by atoms with Gasteiger partial charge in [0.25, 0.3) is 10.0 Å². The molecule has 120 valence electrons. The van der Waals surface area contributed by atoms with Gasteiger partial charge in [0.15, 0.2) is 0 Å². The molecule has 4 heteroatoms. The highest BCUT2D eigenvalue weighted by Crippen LogP contribution is 2.14. The normalized spacial score (nSPS) is 12.7. The molecule has 0 bridgehead atoms. The van der Waals surface area contributed by atoms with Gasteiger partial charge in [-0.1, -0.05) is 61.0 Å². The van der Waals surface area contributed by atoms with Crippen LogP contribution < -0.4 is 0 Å². The van der Waals surface area contributed by atoms with Crippen LogP contribution in [0, 0.1) is 6.92 Å². The fourth-order valence-electron chi connectivity index (χ4n) is 2.17. The number of hydrogen-bond acceptors (Lipinski definition) is 2. The van der Waals surface area contributed by atoms with Crippen LogP contribution in [0.4, 0.5) is 0 Å². The Morgan fingerprint density at radius 2 is 1.70 bits per heavy atom. The molecule has 0 atom stereocenters. The van der Waals surface area contributed by atoms with E-state index in [0.29, 0.717) is 6.42 Å². The van der Waals surface area contributed by atoms with Crippen LogP contribution in [0.2, 0.25) is 0 Å². The van der Waals surface area contributed by atoms with Crippen LogP contribution in [-0.2, 0) is 16.4 Å². The van der Waals surface area contributed by atoms with Gasteiger partial charge in [-0.15, -0.1) is 0 Å². The number of rotatable bonds is 6. The molecule has 0 saturated heterocycles. The Kier molecular flexibility index (Phi) is 5.88. The van der Waals surface area contributed by atoms with Gasteiger partial charge in [0.2, 0.25) is 0 Å². The second-order valence-corrected chi connectivity index (χ2v) is 7.00. The van der Waals surface area contributed by atoms with Crippen molar-refractivity contribution in [3.63, 3.8) is 0 Å². The summed E-state index contributed by atoms with van der Waals surface area (Å²) in [6.07, 6.45) is 4.97. The highest BCUT2D eigenvalue weighted by molar-refractivity contribution is 7.90. The van der Waals surface area contributed by atoms with Crippen molar-refractivity contribution >= 4 is 16.2 Å². The summed E-state index contributed by atoms with van der Waals surface area (Å²) in [7, 11) is -3.65. The maximum atomic E-state index is 12.3. The molecule has 2 rings (SSSR count). The maximum Gasteiger partial charge on any atom is 0.282 e. The van der Waals surface area contributed by atoms with Crippen molar-refractivity contribution in [3.05, 3.63) is 77.4 Å². The summed E-state index contributed by atoms with van der Waals surface area (Å²) in [5.74, 6) is 0. The molecular weight excluding hydrogens is 306 g/mol. The first-order valence-corrected chi connectivity index (χ1v) is 9.05. The monoisotopic (exact) mass is 327 g/mol. The lowest BCUT2D eigenvalue weighted by atomic mass is 10.1. The molecule has 0 radical (unpaired) electrons. The highest BCUT2D eigenvalue weighted by atomic mass is 32.2. The summed E-state index contributed by atoms with van der Waals surface area (Å²) in [5.41, 5.74) is 3.05. The number of aryl methyl sites for hydroxylation is 1. The molecule has 0 aliphatic rings. The average Bonchev–Trinajstić information content (AvgIpc) is 2.54. The first-order chi connectivity index (χ1) is 11.0. The second kappa shape index (κ2) is 7.88. The van der Waals surface area contributed by atoms with E-state index in [9.17, 15) is 8.42 Å². The standard InChI is InChI=1S/C19H21NO2S/c1-3-7-18(14-17-8-5-4-6-9-17)15-20-23(21,22)19-12-10-16(2)11-13-19/h4-13,15H,3,14H2,1-2H3/b18-7?,20-15-. The van der Waals surface area contributed by atoms with E-state index in [0.717, 1.165) is 23.1 Å². The van der Waals surface area contributed by atoms with Crippen molar-refractivity contribution in [2.24, 2.45) is 4.40 Å². The van der Waals surface area contributed by atoms with Crippen molar-refractivity contribution in [2.45, 2.75) is 31.6 Å². The molecule has 0 saturated carbocycles. The molecule has 0 spiro atoms. The molecule has 0 heterocycles. The van der Waals surface area contributed by atoms with E-state index in [4.69, 9.17) is 0 Å². The summed E-state index contributed by atoms with van der Waals surface area (Å²) < 4.78 is 28.4. The summed E-state index contributed by atoms with van der Waals surface area (Å²) in [6, 6.07) is 16.7. The molecular formula is C19H21NO2S. The molecule has 2 aromatic carbocycles. The lowest BCUT2D eigenvalue weighted by Gasteiger charge is -2.03. The zero-order valence-electron chi connectivity index (χ0n) is 13.4. The van der Waals surface area contributed by atoms with Crippen LogP contribution in [-0.4, -0.2) is 14.6 Å². The van der Waals surface area contributed by atoms with E-state index in [1.807, 2.05) is 50.3 Å². The topological polar surface area (TPSA) is 46.5 Å². The molecule has 0 aliphatic carbocycles. The van der Waals surface area contributed by atoms with E-state index in [1.165, 1.54) is 6.21 Å². The fourth-order valence-corrected chi connectivity index (χ4v) is 3.05. The van der Waals surface area contributed by atoms with Gasteiger partial charge in [-0.3, -0.25) is 0 Å². The molecule has 3 nitrogen and oxygen atoms in total. The fraction of sp³-hybridized carbons (Fsp3) is 0.211. The third-order valence-corrected chi connectivity index (χ3v) is 4.64. The van der Waals surface area contributed by atoms with Gasteiger partial charge in [0.05, 0.1) is 4.90 Å². The smallest absolute Gasteiger partial charge is 0.199 e. The predicted molar refractivity (Wildman–Crippen MR) is 95.4 cm³/mol. The lowest BCUT2D eigenvalue weighted by molar-refractivity contribution is 0.598. The molecule has 0 unspecified atom stereocenters. The van der Waals surface area contributed by atoms with E-state index in [1.54, 1.807) is 24.3 Å². The Morgan fingerprint density at radius 3 is 2.30 bits per heavy atom. The number of hydrogen-bond donors (Lipinski definition) is 0. The Hall–Kier alpha value is -2.20. The van der Waals surface area contributed by atoms with Crippen LogP contribution in [0.15, 0.2) is 75.5 Å². The summed E-state index contributed by atoms with van der Waals surface area (Å²) >= 11 is 0. The van der Waals surface area contributed by atoms with Crippen molar-refractivity contribution in [1.82, 2.24) is 0 Å². The average molecular weight is 327 g/mol. The quantitative estimate of drug-likeness (QED) is 0.741. The van der Waals surface area contributed by atoms with Crippen LogP contribution >= 0.6 is 0 Å². The Bertz CT molecular complexity index is 789. The minimum atomic E-state index is -3.65. The zero-order valence-corrected chi connectivity index (χ0v) is 14.3. The summed E-state index contributed by atoms with van der Waals surface area (Å²) in [6.45, 7) is 3.94. The third-order valence-electron chi connectivity index (χ3n) is 3.39. The van der Waals surface area contributed by atoms with Crippen molar-refractivity contribution < 1.29 is 8.42 Å². The van der Waals surface area contributed by atoms with E-state index < -0.39 is 10.0 Å². The zero-order chi connectivity index (χ0) is 16.7. The maximum absolute atomic E-state index is 12.3. The molecule has 0 N–H and O–H groups in total. The third kappa shape index (κ3) is 5.18. The molecule has 0 aromatic heterocycles. The van der Waals surface area contributed by atoms with Crippen LogP contribution in [0.3, 0.4) is 0 Å². The van der Waals surface area contributed by atoms with Crippen molar-refractivity contribution in [1.29, 1.82) is 0 Å². The van der Waals surface area contributed by atoms with Gasteiger partial charge in [0, 0.05) is 6.21 Å². The largest absolute Gasteiger partial charge is 0.282 e. The lowest BCUT2D eigenvalue weighted by Crippen LogP contribution is -2.00. The van der Waals surface area contributed by atoms with Crippen LogP contribution in [0.25, 0.3) is 0 Å². The van der Waals surface area contributed by atoms with Gasteiger partial charge >= 0.3 is 0 Å². The van der Waals surface area contributed by atoms with Crippen molar-refractivity contribution in [2.75, 3.05) is 0 Å². The van der Waals surface area contributed by atoms with Crippen LogP contribution in [0.5, 0.6) is 0 Å². The number of allylic oxidation sites excluding steroid dienone is 2. The highest BCUT2D eigenvalue weighted by Gasteiger charge is 2.11. The Balaban J connectivity index is 2.20. The minimum absolute atomic E-state index is 0.218. The van der Waals surface area contributed by atoms with E-state index in [2.05, 4.69) is 4.40 Å². The SMILES string of the molecule is CCC=C(/C=N\S(=O)(=O)c1ccc(C)cc1)Cc1ccccc1. The summed E-state index contributed by atoms with van der Waals surface area (Å²) in [4.78, 5) is 0.218. The Labute approximate surface area is 138 Å². The molecule has 2 aromatic rings. The van der Waals surface area contributed by atoms with E-state index in [-0.39, 0.29) is 4.90 Å². The summed E-state index contributed by atoms with van der Waals surface area (Å²) in [5, 5.41) is 0. The van der Waals surface area contributed by atoms with Gasteiger partial charge in [-0.25, -0.2) is 0 Å². The molecule has 0 aliphatic heterocycles. The van der Waals surface area contributed by atoms with Gasteiger partial charge < -0.3 is 0 Å². The predicted octanol–water partition coefficient (Wildman–Crippen LogP) is 4.33. The molecule has 0 amide bonds. The molecule has 0 fully saturated rings. The first-order valence-electron chi connectivity index (χ1n) is 7.61. The van der Waals surface area contributed by atoms with Gasteiger partial charge in [-0.05, 0) is 43.0 Å². The van der Waals surface area contributed by atoms with E-state index >= 15 is 0 Å². The Morgan fingerprint density at radius 1 is 1.04 bits per heavy atom. The van der Waals surface area contributed by atoms with Gasteiger partial charge in [0.1, 0.15) is 0 Å². The number of nitrogens with zero attached hydrogens (tertiary/aromatic N) is 1.